The van der Waals surface area contributed by atoms with Crippen LogP contribution in [0, 0.1) is 0 Å². The van der Waals surface area contributed by atoms with Crippen LogP contribution in [0.25, 0.3) is 0 Å². The molecular formula is C16H12N2O5S3. The highest BCUT2D eigenvalue weighted by Gasteiger charge is 2.25. The maximum absolute atomic E-state index is 12.5. The van der Waals surface area contributed by atoms with Crippen LogP contribution in [0.15, 0.2) is 80.3 Å². The SMILES string of the molecule is O=C(NS(=O)(=O)c1cc(S(=O)(=O)c2ccccc2)cs1)c1ccncc1. The summed E-state index contributed by atoms with van der Waals surface area (Å²) in [5.74, 6) is -0.826. The lowest BCUT2D eigenvalue weighted by Crippen LogP contribution is -2.30. The number of sulfonamides is 1. The monoisotopic (exact) mass is 408 g/mol. The van der Waals surface area contributed by atoms with E-state index in [-0.39, 0.29) is 19.6 Å². The third-order valence-electron chi connectivity index (χ3n) is 3.35. The van der Waals surface area contributed by atoms with Crippen molar-refractivity contribution in [1.29, 1.82) is 0 Å². The number of carbonyl (C=O) groups excluding carboxylic acids is 1. The number of hydrogen-bond donors (Lipinski definition) is 1. The Bertz CT molecular complexity index is 1140. The first-order valence-electron chi connectivity index (χ1n) is 7.16. The Morgan fingerprint density at radius 3 is 2.23 bits per heavy atom. The standard InChI is InChI=1S/C16H12N2O5S3/c19-16(12-6-8-17-9-7-12)18-26(22,23)15-10-14(11-24-15)25(20,21)13-4-2-1-3-5-13/h1-11H,(H,18,19). The second-order valence-electron chi connectivity index (χ2n) is 5.09. The van der Waals surface area contributed by atoms with Crippen LogP contribution in [-0.4, -0.2) is 27.7 Å². The van der Waals surface area contributed by atoms with Crippen LogP contribution in [-0.2, 0) is 19.9 Å². The predicted molar refractivity (Wildman–Crippen MR) is 95.1 cm³/mol. The molecule has 2 heterocycles. The fraction of sp³-hybridized carbons (Fsp3) is 0. The van der Waals surface area contributed by atoms with Crippen LogP contribution in [0.5, 0.6) is 0 Å². The van der Waals surface area contributed by atoms with Crippen molar-refractivity contribution >= 4 is 37.1 Å². The number of thiophene rings is 1. The number of aromatic nitrogens is 1. The molecule has 0 saturated heterocycles. The number of nitrogens with zero attached hydrogens (tertiary/aromatic N) is 1. The maximum atomic E-state index is 12.5. The molecule has 1 N–H and O–H groups in total. The summed E-state index contributed by atoms with van der Waals surface area (Å²) < 4.78 is 51.4. The highest BCUT2D eigenvalue weighted by molar-refractivity contribution is 7.93. The average molecular weight is 408 g/mol. The van der Waals surface area contributed by atoms with Gasteiger partial charge in [0.1, 0.15) is 4.21 Å². The van der Waals surface area contributed by atoms with Gasteiger partial charge in [0.25, 0.3) is 15.9 Å². The summed E-state index contributed by atoms with van der Waals surface area (Å²) in [5, 5.41) is 1.23. The Kier molecular flexibility index (Phi) is 4.90. The number of benzene rings is 1. The minimum atomic E-state index is -4.20. The Labute approximate surface area is 154 Å². The van der Waals surface area contributed by atoms with Gasteiger partial charge in [-0.1, -0.05) is 18.2 Å². The van der Waals surface area contributed by atoms with Crippen molar-refractivity contribution in [2.75, 3.05) is 0 Å². The molecule has 1 amide bonds. The third-order valence-corrected chi connectivity index (χ3v) is 8.02. The number of hydrogen-bond acceptors (Lipinski definition) is 7. The molecule has 0 atom stereocenters. The van der Waals surface area contributed by atoms with Gasteiger partial charge >= 0.3 is 0 Å². The number of amides is 1. The molecule has 0 radical (unpaired) electrons. The van der Waals surface area contributed by atoms with Crippen LogP contribution >= 0.6 is 11.3 Å². The van der Waals surface area contributed by atoms with Gasteiger partial charge in [0.05, 0.1) is 9.79 Å². The summed E-state index contributed by atoms with van der Waals surface area (Å²) >= 11 is 0.721. The van der Waals surface area contributed by atoms with Crippen molar-refractivity contribution in [3.63, 3.8) is 0 Å². The molecule has 26 heavy (non-hydrogen) atoms. The van der Waals surface area contributed by atoms with E-state index in [9.17, 15) is 21.6 Å². The summed E-state index contributed by atoms with van der Waals surface area (Å²) in [6.07, 6.45) is 2.72. The molecule has 2 aromatic heterocycles. The minimum absolute atomic E-state index is 0.0579. The summed E-state index contributed by atoms with van der Waals surface area (Å²) in [6, 6.07) is 11.4. The smallest absolute Gasteiger partial charge is 0.268 e. The van der Waals surface area contributed by atoms with Gasteiger partial charge in [-0.15, -0.1) is 11.3 Å². The third kappa shape index (κ3) is 3.66. The Balaban J connectivity index is 1.88. The van der Waals surface area contributed by atoms with E-state index in [1.54, 1.807) is 18.2 Å². The molecule has 0 unspecified atom stereocenters. The van der Waals surface area contributed by atoms with E-state index in [0.29, 0.717) is 0 Å². The molecule has 1 aromatic carbocycles. The summed E-state index contributed by atoms with van der Waals surface area (Å²) in [4.78, 5) is 15.7. The zero-order valence-corrected chi connectivity index (χ0v) is 15.5. The number of pyridine rings is 1. The molecule has 7 nitrogen and oxygen atoms in total. The molecule has 3 aromatic rings. The summed E-state index contributed by atoms with van der Waals surface area (Å²) in [7, 11) is -8.03. The van der Waals surface area contributed by atoms with E-state index < -0.39 is 25.8 Å². The van der Waals surface area contributed by atoms with Gasteiger partial charge in [-0.25, -0.2) is 21.6 Å². The van der Waals surface area contributed by atoms with Gasteiger partial charge < -0.3 is 0 Å². The lowest BCUT2D eigenvalue weighted by atomic mass is 10.3. The van der Waals surface area contributed by atoms with Crippen LogP contribution < -0.4 is 4.72 Å². The number of sulfone groups is 1. The summed E-state index contributed by atoms with van der Waals surface area (Å²) in [6.45, 7) is 0. The Hall–Kier alpha value is -2.56. The highest BCUT2D eigenvalue weighted by atomic mass is 32.2. The zero-order chi connectivity index (χ0) is 18.8. The fourth-order valence-corrected chi connectivity index (χ4v) is 5.93. The van der Waals surface area contributed by atoms with E-state index in [1.807, 2.05) is 4.72 Å². The van der Waals surface area contributed by atoms with Gasteiger partial charge in [0, 0.05) is 23.3 Å². The largest absolute Gasteiger partial charge is 0.273 e. The zero-order valence-electron chi connectivity index (χ0n) is 13.1. The molecule has 0 aliphatic heterocycles. The molecule has 0 fully saturated rings. The first-order valence-corrected chi connectivity index (χ1v) is 11.0. The minimum Gasteiger partial charge on any atom is -0.268 e. The predicted octanol–water partition coefficient (Wildman–Crippen LogP) is 2.09. The fourth-order valence-electron chi connectivity index (χ4n) is 2.05. The first-order chi connectivity index (χ1) is 12.3. The second kappa shape index (κ2) is 6.98. The van der Waals surface area contributed by atoms with Gasteiger partial charge in [0.15, 0.2) is 0 Å². The molecule has 0 aliphatic carbocycles. The van der Waals surface area contributed by atoms with Gasteiger partial charge in [-0.2, -0.15) is 0 Å². The quantitative estimate of drug-likeness (QED) is 0.692. The van der Waals surface area contributed by atoms with Gasteiger partial charge in [-0.05, 0) is 30.3 Å². The number of nitrogens with one attached hydrogen (secondary N) is 1. The molecule has 134 valence electrons. The topological polar surface area (TPSA) is 110 Å². The van der Waals surface area contributed by atoms with Gasteiger partial charge in [-0.3, -0.25) is 9.78 Å². The molecular weight excluding hydrogens is 396 g/mol. The van der Waals surface area contributed by atoms with Crippen molar-refractivity contribution in [1.82, 2.24) is 9.71 Å². The molecule has 0 bridgehead atoms. The Morgan fingerprint density at radius 2 is 1.58 bits per heavy atom. The lowest BCUT2D eigenvalue weighted by molar-refractivity contribution is 0.0981. The second-order valence-corrected chi connectivity index (χ2v) is 9.86. The first kappa shape index (κ1) is 18.2. The number of carbonyl (C=O) groups is 1. The average Bonchev–Trinajstić information content (AvgIpc) is 3.15. The molecule has 0 saturated carbocycles. The molecule has 0 spiro atoms. The van der Waals surface area contributed by atoms with E-state index in [0.717, 1.165) is 17.4 Å². The number of rotatable bonds is 5. The van der Waals surface area contributed by atoms with Gasteiger partial charge in [0.2, 0.25) is 9.84 Å². The van der Waals surface area contributed by atoms with Crippen LogP contribution in [0.4, 0.5) is 0 Å². The summed E-state index contributed by atoms with van der Waals surface area (Å²) in [5.41, 5.74) is 0.122. The molecule has 10 heteroatoms. The van der Waals surface area contributed by atoms with E-state index in [2.05, 4.69) is 4.98 Å². The van der Waals surface area contributed by atoms with Crippen molar-refractivity contribution < 1.29 is 21.6 Å². The molecule has 0 aliphatic rings. The van der Waals surface area contributed by atoms with Crippen LogP contribution in [0.3, 0.4) is 0 Å². The highest BCUT2D eigenvalue weighted by Crippen LogP contribution is 2.28. The lowest BCUT2D eigenvalue weighted by Gasteiger charge is -2.04. The molecule has 3 rings (SSSR count). The van der Waals surface area contributed by atoms with Crippen molar-refractivity contribution in [2.45, 2.75) is 14.0 Å². The van der Waals surface area contributed by atoms with Crippen molar-refractivity contribution in [2.24, 2.45) is 0 Å². The maximum Gasteiger partial charge on any atom is 0.273 e. The van der Waals surface area contributed by atoms with Crippen molar-refractivity contribution in [3.8, 4) is 0 Å². The van der Waals surface area contributed by atoms with Crippen molar-refractivity contribution in [3.05, 3.63) is 71.9 Å². The van der Waals surface area contributed by atoms with Crippen LogP contribution in [0.1, 0.15) is 10.4 Å². The van der Waals surface area contributed by atoms with E-state index >= 15 is 0 Å². The van der Waals surface area contributed by atoms with E-state index in [4.69, 9.17) is 0 Å². The Morgan fingerprint density at radius 1 is 0.923 bits per heavy atom. The van der Waals surface area contributed by atoms with E-state index in [1.165, 1.54) is 42.0 Å². The van der Waals surface area contributed by atoms with Crippen LogP contribution in [0.2, 0.25) is 0 Å². The normalized spacial score (nSPS) is 11.8.